The molecule has 1 aromatic rings. The van der Waals surface area contributed by atoms with Gasteiger partial charge >= 0.3 is 5.97 Å². The van der Waals surface area contributed by atoms with Gasteiger partial charge in [-0.25, -0.2) is 0 Å². The number of carbonyl (C=O) groups is 2. The Balaban J connectivity index is 2.65. The van der Waals surface area contributed by atoms with E-state index in [-0.39, 0.29) is 12.1 Å². The lowest BCUT2D eigenvalue weighted by Crippen LogP contribution is -2.26. The molecule has 0 amide bonds. The van der Waals surface area contributed by atoms with Gasteiger partial charge in [0.15, 0.2) is 12.4 Å². The molecule has 1 atom stereocenters. The van der Waals surface area contributed by atoms with Gasteiger partial charge in [-0.15, -0.1) is 0 Å². The van der Waals surface area contributed by atoms with E-state index in [9.17, 15) is 9.59 Å². The zero-order chi connectivity index (χ0) is 16.7. The van der Waals surface area contributed by atoms with Crippen molar-refractivity contribution in [2.75, 3.05) is 13.7 Å². The molecule has 1 N–H and O–H groups in total. The number of nitrogens with one attached hydrogen (secondary N) is 1. The SMILES string of the molecule is COc1ccc(Cl)cc1CC(=O)OCC(=O)C(C#N)C(C)=N. The Kier molecular flexibility index (Phi) is 6.54. The monoisotopic (exact) mass is 322 g/mol. The molecule has 116 valence electrons. The van der Waals surface area contributed by atoms with Gasteiger partial charge in [0.1, 0.15) is 11.7 Å². The van der Waals surface area contributed by atoms with E-state index in [1.54, 1.807) is 24.3 Å². The third kappa shape index (κ3) is 4.86. The third-order valence-electron chi connectivity index (χ3n) is 2.84. The molecular formula is C15H15ClN2O4. The van der Waals surface area contributed by atoms with Crippen molar-refractivity contribution in [1.29, 1.82) is 10.7 Å². The zero-order valence-corrected chi connectivity index (χ0v) is 12.9. The predicted molar refractivity (Wildman–Crippen MR) is 80.2 cm³/mol. The van der Waals surface area contributed by atoms with Crippen LogP contribution in [-0.2, 0) is 20.7 Å². The summed E-state index contributed by atoms with van der Waals surface area (Å²) >= 11 is 5.86. The number of nitrogens with zero attached hydrogens (tertiary/aromatic N) is 1. The second kappa shape index (κ2) is 8.15. The van der Waals surface area contributed by atoms with Crippen LogP contribution in [0.25, 0.3) is 0 Å². The number of nitriles is 1. The number of hydrogen-bond acceptors (Lipinski definition) is 6. The standard InChI is InChI=1S/C15H15ClN2O4/c1-9(18)12(7-17)13(19)8-22-15(20)6-10-5-11(16)3-4-14(10)21-2/h3-5,12,18H,6,8H2,1-2H3. The number of esters is 1. The average Bonchev–Trinajstić information content (AvgIpc) is 2.45. The summed E-state index contributed by atoms with van der Waals surface area (Å²) in [5.41, 5.74) is 0.451. The lowest BCUT2D eigenvalue weighted by molar-refractivity contribution is -0.147. The molecule has 0 aromatic heterocycles. The van der Waals surface area contributed by atoms with Gasteiger partial charge in [0.2, 0.25) is 0 Å². The van der Waals surface area contributed by atoms with Crippen LogP contribution in [0.1, 0.15) is 12.5 Å². The van der Waals surface area contributed by atoms with E-state index in [2.05, 4.69) is 0 Å². The van der Waals surface area contributed by atoms with Crippen molar-refractivity contribution in [3.63, 3.8) is 0 Å². The molecule has 22 heavy (non-hydrogen) atoms. The minimum absolute atomic E-state index is 0.0833. The van der Waals surface area contributed by atoms with Crippen LogP contribution < -0.4 is 4.74 Å². The van der Waals surface area contributed by atoms with Gasteiger partial charge in [-0.2, -0.15) is 5.26 Å². The summed E-state index contributed by atoms with van der Waals surface area (Å²) in [5, 5.41) is 16.5. The fraction of sp³-hybridized carbons (Fsp3) is 0.333. The summed E-state index contributed by atoms with van der Waals surface area (Å²) in [6.07, 6.45) is -0.113. The van der Waals surface area contributed by atoms with Crippen LogP contribution >= 0.6 is 11.6 Å². The largest absolute Gasteiger partial charge is 0.496 e. The number of methoxy groups -OCH3 is 1. The number of Topliss-reactive ketones (excluding diaryl/α,β-unsaturated/α-hetero) is 1. The lowest BCUT2D eigenvalue weighted by Gasteiger charge is -2.10. The number of benzene rings is 1. The van der Waals surface area contributed by atoms with Crippen molar-refractivity contribution < 1.29 is 19.1 Å². The minimum atomic E-state index is -1.19. The van der Waals surface area contributed by atoms with Gasteiger partial charge in [0.05, 0.1) is 19.6 Å². The topological polar surface area (TPSA) is 100 Å². The average molecular weight is 323 g/mol. The molecule has 0 aliphatic rings. The first kappa shape index (κ1) is 17.7. The maximum absolute atomic E-state index is 11.8. The molecule has 0 spiro atoms. The third-order valence-corrected chi connectivity index (χ3v) is 3.07. The summed E-state index contributed by atoms with van der Waals surface area (Å²) in [7, 11) is 1.46. The summed E-state index contributed by atoms with van der Waals surface area (Å²) in [5.74, 6) is -1.97. The van der Waals surface area contributed by atoms with Crippen molar-refractivity contribution in [3.05, 3.63) is 28.8 Å². The number of ketones is 1. The summed E-state index contributed by atoms with van der Waals surface area (Å²) < 4.78 is 9.95. The van der Waals surface area contributed by atoms with Crippen LogP contribution in [-0.4, -0.2) is 31.2 Å². The van der Waals surface area contributed by atoms with E-state index in [1.165, 1.54) is 14.0 Å². The molecule has 1 rings (SSSR count). The Labute approximate surface area is 133 Å². The first-order chi connectivity index (χ1) is 10.4. The molecule has 0 radical (unpaired) electrons. The highest BCUT2D eigenvalue weighted by Gasteiger charge is 2.21. The second-order valence-corrected chi connectivity index (χ2v) is 4.94. The normalized spacial score (nSPS) is 11.2. The van der Waals surface area contributed by atoms with Crippen LogP contribution in [0.15, 0.2) is 18.2 Å². The fourth-order valence-electron chi connectivity index (χ4n) is 1.74. The molecule has 0 aliphatic heterocycles. The van der Waals surface area contributed by atoms with Crippen LogP contribution in [0.2, 0.25) is 5.02 Å². The van der Waals surface area contributed by atoms with E-state index < -0.39 is 24.3 Å². The van der Waals surface area contributed by atoms with E-state index in [0.29, 0.717) is 16.3 Å². The summed E-state index contributed by atoms with van der Waals surface area (Å²) in [6.45, 7) is 0.806. The lowest BCUT2D eigenvalue weighted by atomic mass is 10.0. The fourth-order valence-corrected chi connectivity index (χ4v) is 1.93. The number of ether oxygens (including phenoxy) is 2. The first-order valence-electron chi connectivity index (χ1n) is 6.34. The molecule has 0 bridgehead atoms. The number of carbonyl (C=O) groups excluding carboxylic acids is 2. The van der Waals surface area contributed by atoms with Crippen LogP contribution in [0.4, 0.5) is 0 Å². The van der Waals surface area contributed by atoms with Crippen molar-refractivity contribution in [1.82, 2.24) is 0 Å². The Hall–Kier alpha value is -2.39. The van der Waals surface area contributed by atoms with Gasteiger partial charge < -0.3 is 14.9 Å². The molecule has 6 nitrogen and oxygen atoms in total. The number of hydrogen-bond donors (Lipinski definition) is 1. The Morgan fingerprint density at radius 2 is 2.14 bits per heavy atom. The molecule has 0 aliphatic carbocycles. The zero-order valence-electron chi connectivity index (χ0n) is 12.2. The van der Waals surface area contributed by atoms with Crippen molar-refractivity contribution in [2.45, 2.75) is 13.3 Å². The summed E-state index contributed by atoms with van der Waals surface area (Å²) in [6, 6.07) is 6.52. The molecule has 0 saturated carbocycles. The van der Waals surface area contributed by atoms with E-state index in [0.717, 1.165) is 0 Å². The number of halogens is 1. The Bertz CT molecular complexity index is 637. The smallest absolute Gasteiger partial charge is 0.310 e. The van der Waals surface area contributed by atoms with Gasteiger partial charge in [-0.3, -0.25) is 9.59 Å². The Morgan fingerprint density at radius 1 is 1.45 bits per heavy atom. The first-order valence-corrected chi connectivity index (χ1v) is 6.72. The molecule has 0 heterocycles. The molecule has 7 heteroatoms. The van der Waals surface area contributed by atoms with Crippen molar-refractivity contribution >= 4 is 29.1 Å². The van der Waals surface area contributed by atoms with Gasteiger partial charge in [-0.05, 0) is 25.1 Å². The number of rotatable bonds is 7. The van der Waals surface area contributed by atoms with E-state index >= 15 is 0 Å². The van der Waals surface area contributed by atoms with Crippen LogP contribution in [0, 0.1) is 22.7 Å². The maximum atomic E-state index is 11.8. The van der Waals surface area contributed by atoms with Crippen LogP contribution in [0.3, 0.4) is 0 Å². The van der Waals surface area contributed by atoms with Crippen molar-refractivity contribution in [2.24, 2.45) is 5.92 Å². The highest BCUT2D eigenvalue weighted by Crippen LogP contribution is 2.23. The Morgan fingerprint density at radius 3 is 2.68 bits per heavy atom. The second-order valence-electron chi connectivity index (χ2n) is 4.51. The molecule has 0 saturated heterocycles. The molecular weight excluding hydrogens is 308 g/mol. The predicted octanol–water partition coefficient (Wildman–Crippen LogP) is 2.18. The molecule has 1 aromatic carbocycles. The minimum Gasteiger partial charge on any atom is -0.496 e. The van der Waals surface area contributed by atoms with Crippen molar-refractivity contribution in [3.8, 4) is 11.8 Å². The van der Waals surface area contributed by atoms with Gasteiger partial charge in [0, 0.05) is 16.3 Å². The summed E-state index contributed by atoms with van der Waals surface area (Å²) in [4.78, 5) is 23.4. The highest BCUT2D eigenvalue weighted by molar-refractivity contribution is 6.30. The van der Waals surface area contributed by atoms with Crippen LogP contribution in [0.5, 0.6) is 5.75 Å². The highest BCUT2D eigenvalue weighted by atomic mass is 35.5. The molecule has 1 unspecified atom stereocenters. The van der Waals surface area contributed by atoms with E-state index in [1.807, 2.05) is 0 Å². The quantitative estimate of drug-likeness (QED) is 0.612. The van der Waals surface area contributed by atoms with E-state index in [4.69, 9.17) is 31.7 Å². The maximum Gasteiger partial charge on any atom is 0.310 e. The molecule has 0 fully saturated rings. The van der Waals surface area contributed by atoms with Gasteiger partial charge in [0.25, 0.3) is 0 Å². The van der Waals surface area contributed by atoms with Gasteiger partial charge in [-0.1, -0.05) is 11.6 Å².